The number of carbonyl (C=O) groups excluding carboxylic acids is 1. The number of benzene rings is 1. The molecule has 0 bridgehead atoms. The number of hydrogen-bond acceptors (Lipinski definition) is 4. The van der Waals surface area contributed by atoms with Crippen molar-refractivity contribution >= 4 is 23.4 Å². The predicted octanol–water partition coefficient (Wildman–Crippen LogP) is 10.6. The van der Waals surface area contributed by atoms with E-state index in [1.54, 1.807) is 20.2 Å². The highest BCUT2D eigenvalue weighted by Crippen LogP contribution is 2.29. The summed E-state index contributed by atoms with van der Waals surface area (Å²) < 4.78 is 14.4. The van der Waals surface area contributed by atoms with Crippen molar-refractivity contribution in [3.05, 3.63) is 88.1 Å². The van der Waals surface area contributed by atoms with Gasteiger partial charge in [0.25, 0.3) is 5.91 Å². The van der Waals surface area contributed by atoms with Crippen molar-refractivity contribution in [3.63, 3.8) is 0 Å². The molecule has 2 aromatic heterocycles. The first-order valence-corrected chi connectivity index (χ1v) is 16.0. The van der Waals surface area contributed by atoms with Crippen molar-refractivity contribution in [2.24, 2.45) is 5.92 Å². The van der Waals surface area contributed by atoms with Crippen LogP contribution in [0.15, 0.2) is 54.4 Å². The number of nitrogen functional groups attached to an aromatic ring is 1. The van der Waals surface area contributed by atoms with Crippen LogP contribution in [-0.2, 0) is 0 Å². The molecule has 242 valence electrons. The van der Waals surface area contributed by atoms with E-state index in [1.165, 1.54) is 16.5 Å². The highest BCUT2D eigenvalue weighted by molar-refractivity contribution is 5.94. The van der Waals surface area contributed by atoms with Gasteiger partial charge in [-0.05, 0) is 86.6 Å². The van der Waals surface area contributed by atoms with Crippen molar-refractivity contribution in [1.82, 2.24) is 14.9 Å². The molecule has 5 nitrogen and oxygen atoms in total. The summed E-state index contributed by atoms with van der Waals surface area (Å²) in [5.41, 5.74) is 14.3. The van der Waals surface area contributed by atoms with Gasteiger partial charge in [0.05, 0.1) is 0 Å². The second-order valence-electron chi connectivity index (χ2n) is 10.6. The van der Waals surface area contributed by atoms with Gasteiger partial charge in [-0.15, -0.1) is 0 Å². The average molecular weight is 605 g/mol. The maximum absolute atomic E-state index is 14.4. The summed E-state index contributed by atoms with van der Waals surface area (Å²) in [7, 11) is 3.34. The van der Waals surface area contributed by atoms with E-state index in [4.69, 9.17) is 5.73 Å². The molecule has 44 heavy (non-hydrogen) atoms. The Balaban J connectivity index is 0.000000755. The molecule has 1 amide bonds. The largest absolute Gasteiger partial charge is 0.384 e. The number of halogens is 1. The standard InChI is InChI=1S/C17H24FNO.C17H21N3.2C2H6/c1-6-8-13(9-7-2)16-12(3)10-14(11-15(16)18)17(20)19(4)5;1-11(2)12(3)9-16-13(4)19-8-7-15(16)14-5-6-17(18)20-10-14;2*1-2/h8,10-11H,6-7,9H2,1-5H3;5-11H,1-4H3,(H2,18,20);2*1-2H3/b13-8+;12-9+;;. The fourth-order valence-corrected chi connectivity index (χ4v) is 4.35. The summed E-state index contributed by atoms with van der Waals surface area (Å²) in [6.07, 6.45) is 10.7. The highest BCUT2D eigenvalue weighted by atomic mass is 19.1. The molecule has 0 unspecified atom stereocenters. The SMILES string of the molecule is C/C(=C\c1c(-c2ccc(N)nc2)ccnc1C)C(C)C.CC.CC.CC/C=C(\CCC)c1c(C)cc(C(=O)N(C)C)cc1F. The number of allylic oxidation sites excluding steroid dienone is 3. The van der Waals surface area contributed by atoms with Crippen LogP contribution in [0.25, 0.3) is 22.8 Å². The molecule has 1 aromatic carbocycles. The Hall–Kier alpha value is -3.80. The van der Waals surface area contributed by atoms with Crippen LogP contribution < -0.4 is 5.73 Å². The van der Waals surface area contributed by atoms with E-state index in [0.29, 0.717) is 22.9 Å². The lowest BCUT2D eigenvalue weighted by Gasteiger charge is -2.15. The minimum atomic E-state index is -0.302. The lowest BCUT2D eigenvalue weighted by atomic mass is 9.93. The lowest BCUT2D eigenvalue weighted by molar-refractivity contribution is 0.0827. The Labute approximate surface area is 267 Å². The third-order valence-electron chi connectivity index (χ3n) is 6.80. The molecule has 2 N–H and O–H groups in total. The Morgan fingerprint density at radius 1 is 1.02 bits per heavy atom. The number of hydrogen-bond donors (Lipinski definition) is 1. The van der Waals surface area contributed by atoms with E-state index in [0.717, 1.165) is 52.8 Å². The molecule has 0 fully saturated rings. The second kappa shape index (κ2) is 21.0. The Morgan fingerprint density at radius 3 is 2.14 bits per heavy atom. The van der Waals surface area contributed by atoms with E-state index in [-0.39, 0.29) is 11.7 Å². The van der Waals surface area contributed by atoms with E-state index < -0.39 is 0 Å². The summed E-state index contributed by atoms with van der Waals surface area (Å²) in [6, 6.07) is 8.98. The van der Waals surface area contributed by atoms with Crippen molar-refractivity contribution in [1.29, 1.82) is 0 Å². The molecule has 6 heteroatoms. The molecule has 0 radical (unpaired) electrons. The lowest BCUT2D eigenvalue weighted by Crippen LogP contribution is -2.22. The van der Waals surface area contributed by atoms with Gasteiger partial charge in [0.15, 0.2) is 0 Å². The molecule has 0 spiro atoms. The zero-order chi connectivity index (χ0) is 34.0. The number of amides is 1. The molecule has 3 aromatic rings. The summed E-state index contributed by atoms with van der Waals surface area (Å²) >= 11 is 0. The number of nitrogens with two attached hydrogens (primary N) is 1. The van der Waals surface area contributed by atoms with Crippen LogP contribution in [0.3, 0.4) is 0 Å². The maximum Gasteiger partial charge on any atom is 0.253 e. The highest BCUT2D eigenvalue weighted by Gasteiger charge is 2.16. The van der Waals surface area contributed by atoms with Crippen LogP contribution >= 0.6 is 0 Å². The number of anilines is 1. The first-order chi connectivity index (χ1) is 20.9. The van der Waals surface area contributed by atoms with Gasteiger partial charge in [-0.2, -0.15) is 0 Å². The first kappa shape index (κ1) is 40.2. The van der Waals surface area contributed by atoms with E-state index in [1.807, 2.05) is 79.1 Å². The van der Waals surface area contributed by atoms with Gasteiger partial charge in [0.1, 0.15) is 11.6 Å². The normalized spacial score (nSPS) is 11.0. The minimum Gasteiger partial charge on any atom is -0.384 e. The Kier molecular flexibility index (Phi) is 19.2. The molecular formula is C38H57FN4O. The monoisotopic (exact) mass is 604 g/mol. The molecule has 0 saturated carbocycles. The van der Waals surface area contributed by atoms with E-state index >= 15 is 0 Å². The van der Waals surface area contributed by atoms with Gasteiger partial charge in [0, 0.05) is 54.4 Å². The fourth-order valence-electron chi connectivity index (χ4n) is 4.35. The van der Waals surface area contributed by atoms with Crippen molar-refractivity contribution in [2.45, 2.75) is 95.4 Å². The third kappa shape index (κ3) is 12.1. The molecule has 0 aliphatic carbocycles. The second-order valence-corrected chi connectivity index (χ2v) is 10.6. The van der Waals surface area contributed by atoms with E-state index in [9.17, 15) is 9.18 Å². The molecule has 0 saturated heterocycles. The van der Waals surface area contributed by atoms with Gasteiger partial charge in [0.2, 0.25) is 0 Å². The number of pyridine rings is 2. The van der Waals surface area contributed by atoms with Crippen LogP contribution in [0.4, 0.5) is 10.2 Å². The number of nitrogens with zero attached hydrogens (tertiary/aromatic N) is 3. The quantitative estimate of drug-likeness (QED) is 0.278. The zero-order valence-corrected chi connectivity index (χ0v) is 29.6. The topological polar surface area (TPSA) is 72.1 Å². The fraction of sp³-hybridized carbons (Fsp3) is 0.447. The molecule has 3 rings (SSSR count). The van der Waals surface area contributed by atoms with Crippen LogP contribution in [0.5, 0.6) is 0 Å². The van der Waals surface area contributed by atoms with Crippen molar-refractivity contribution in [2.75, 3.05) is 19.8 Å². The summed E-state index contributed by atoms with van der Waals surface area (Å²) in [5.74, 6) is 0.584. The molecule has 0 atom stereocenters. The van der Waals surface area contributed by atoms with Crippen molar-refractivity contribution < 1.29 is 9.18 Å². The molecular weight excluding hydrogens is 547 g/mol. The number of aryl methyl sites for hydroxylation is 2. The van der Waals surface area contributed by atoms with Crippen LogP contribution in [-0.4, -0.2) is 34.9 Å². The van der Waals surface area contributed by atoms with Crippen LogP contribution in [0.1, 0.15) is 114 Å². The zero-order valence-electron chi connectivity index (χ0n) is 29.6. The third-order valence-corrected chi connectivity index (χ3v) is 6.80. The Morgan fingerprint density at radius 2 is 1.66 bits per heavy atom. The number of rotatable bonds is 8. The molecule has 0 aliphatic rings. The van der Waals surface area contributed by atoms with Gasteiger partial charge in [-0.1, -0.05) is 79.5 Å². The number of aromatic nitrogens is 2. The summed E-state index contributed by atoms with van der Waals surface area (Å²) in [6.45, 7) is 22.6. The van der Waals surface area contributed by atoms with Crippen LogP contribution in [0.2, 0.25) is 0 Å². The smallest absolute Gasteiger partial charge is 0.253 e. The predicted molar refractivity (Wildman–Crippen MR) is 190 cm³/mol. The van der Waals surface area contributed by atoms with E-state index in [2.05, 4.69) is 49.8 Å². The van der Waals surface area contributed by atoms with Gasteiger partial charge < -0.3 is 10.6 Å². The van der Waals surface area contributed by atoms with Crippen molar-refractivity contribution in [3.8, 4) is 11.1 Å². The first-order valence-electron chi connectivity index (χ1n) is 16.0. The van der Waals surface area contributed by atoms with Crippen LogP contribution in [0, 0.1) is 25.6 Å². The summed E-state index contributed by atoms with van der Waals surface area (Å²) in [5, 5.41) is 0. The van der Waals surface area contributed by atoms with Gasteiger partial charge in [-0.3, -0.25) is 9.78 Å². The average Bonchev–Trinajstić information content (AvgIpc) is 3.00. The summed E-state index contributed by atoms with van der Waals surface area (Å²) in [4.78, 5) is 22.0. The molecule has 0 aliphatic heterocycles. The maximum atomic E-state index is 14.4. The van der Waals surface area contributed by atoms with Gasteiger partial charge in [-0.25, -0.2) is 9.37 Å². The molecule has 2 heterocycles. The number of carbonyl (C=O) groups is 1. The Bertz CT molecular complexity index is 1330. The van der Waals surface area contributed by atoms with Gasteiger partial charge >= 0.3 is 0 Å². The minimum absolute atomic E-state index is 0.171.